The third-order valence-corrected chi connectivity index (χ3v) is 7.23. The number of benzene rings is 1. The fourth-order valence-electron chi connectivity index (χ4n) is 5.26. The van der Waals surface area contributed by atoms with E-state index in [1.165, 1.54) is 18.2 Å². The lowest BCUT2D eigenvalue weighted by molar-refractivity contribution is -0.198. The quantitative estimate of drug-likeness (QED) is 0.566. The van der Waals surface area contributed by atoms with Crippen molar-refractivity contribution in [1.29, 1.82) is 0 Å². The summed E-state index contributed by atoms with van der Waals surface area (Å²) in [4.78, 5) is 25.6. The number of nitrogens with zero attached hydrogens (tertiary/aromatic N) is 4. The van der Waals surface area contributed by atoms with Gasteiger partial charge in [0.05, 0.1) is 5.69 Å². The Morgan fingerprint density at radius 1 is 1.25 bits per heavy atom. The van der Waals surface area contributed by atoms with Crippen LogP contribution in [0.2, 0.25) is 0 Å². The van der Waals surface area contributed by atoms with Gasteiger partial charge in [-0.05, 0) is 55.2 Å². The third-order valence-electron chi connectivity index (χ3n) is 7.23. The number of aromatic nitrogens is 2. The maximum atomic E-state index is 14.0. The van der Waals surface area contributed by atoms with Crippen LogP contribution in [-0.2, 0) is 11.2 Å². The number of carboxylic acid groups (broad SMARTS) is 1. The van der Waals surface area contributed by atoms with Crippen LogP contribution in [0.1, 0.15) is 42.9 Å². The van der Waals surface area contributed by atoms with Gasteiger partial charge in [0.1, 0.15) is 11.9 Å². The van der Waals surface area contributed by atoms with Gasteiger partial charge in [0.15, 0.2) is 0 Å². The topological polar surface area (TPSA) is 126 Å². The highest BCUT2D eigenvalue weighted by atomic mass is 19.4. The molecule has 1 aromatic heterocycles. The minimum atomic E-state index is -4.68. The molecule has 3 aliphatic heterocycles. The number of fused-ring (bicyclic) bond motifs is 1. The molecule has 36 heavy (non-hydrogen) atoms. The van der Waals surface area contributed by atoms with Gasteiger partial charge < -0.3 is 25.8 Å². The number of nitrogen functional groups attached to an aromatic ring is 1. The molecule has 1 spiro atoms. The van der Waals surface area contributed by atoms with E-state index < -0.39 is 24.3 Å². The minimum absolute atomic E-state index is 0.0290. The average molecular weight is 505 g/mol. The molecule has 2 saturated heterocycles. The zero-order chi connectivity index (χ0) is 25.5. The third kappa shape index (κ3) is 4.95. The first-order chi connectivity index (χ1) is 17.1. The summed E-state index contributed by atoms with van der Waals surface area (Å²) in [6.45, 7) is 1.76. The van der Waals surface area contributed by atoms with Crippen LogP contribution in [0.4, 0.5) is 30.6 Å². The van der Waals surface area contributed by atoms with Crippen LogP contribution in [0.25, 0.3) is 0 Å². The Bertz CT molecular complexity index is 1180. The van der Waals surface area contributed by atoms with Gasteiger partial charge in [0.2, 0.25) is 17.9 Å². The van der Waals surface area contributed by atoms with Crippen molar-refractivity contribution in [2.45, 2.75) is 50.4 Å². The van der Waals surface area contributed by atoms with Crippen LogP contribution in [0.3, 0.4) is 0 Å². The zero-order valence-electron chi connectivity index (χ0n) is 19.5. The largest absolute Gasteiger partial charge is 0.480 e. The summed E-state index contributed by atoms with van der Waals surface area (Å²) in [6.07, 6.45) is -1.86. The molecular formula is C24H27F3N6O3. The predicted octanol–water partition coefficient (Wildman–Crippen LogP) is 3.42. The fourth-order valence-corrected chi connectivity index (χ4v) is 5.26. The van der Waals surface area contributed by atoms with Gasteiger partial charge in [0, 0.05) is 37.5 Å². The van der Waals surface area contributed by atoms with E-state index in [9.17, 15) is 23.1 Å². The monoisotopic (exact) mass is 504 g/mol. The standard InChI is InChI=1S/C24H27F3N6O3/c25-24(26,27)20(15-3-4-16-14(10-15)2-1-7-29-16)36-19-11-18(31-22(28)32-19)33-8-5-23(6-9-33)12-17(21(34)35)30-13-23/h3-4,7,10-11,17,20,30H,1-2,5-6,8-9,12-13H2,(H,34,35)(H2,28,31,32)/t17-,20+/m0/s1. The Morgan fingerprint density at radius 3 is 2.72 bits per heavy atom. The summed E-state index contributed by atoms with van der Waals surface area (Å²) in [6, 6.07) is 5.25. The van der Waals surface area contributed by atoms with Crippen LogP contribution in [0.15, 0.2) is 29.3 Å². The molecule has 2 aromatic rings. The molecule has 12 heteroatoms. The van der Waals surface area contributed by atoms with E-state index in [1.807, 2.05) is 4.90 Å². The number of nitrogens with two attached hydrogens (primary N) is 1. The Labute approximate surface area is 205 Å². The predicted molar refractivity (Wildman–Crippen MR) is 127 cm³/mol. The average Bonchev–Trinajstić information content (AvgIpc) is 3.25. The van der Waals surface area contributed by atoms with Crippen LogP contribution >= 0.6 is 0 Å². The van der Waals surface area contributed by atoms with E-state index in [1.54, 1.807) is 12.3 Å². The van der Waals surface area contributed by atoms with Gasteiger partial charge in [-0.1, -0.05) is 6.07 Å². The lowest BCUT2D eigenvalue weighted by Gasteiger charge is -2.39. The number of aryl methyl sites for hydroxylation is 1. The molecule has 1 aromatic carbocycles. The normalized spacial score (nSPS) is 21.9. The summed E-state index contributed by atoms with van der Waals surface area (Å²) in [5.41, 5.74) is 7.10. The number of carbonyl (C=O) groups is 1. The first-order valence-electron chi connectivity index (χ1n) is 11.9. The Balaban J connectivity index is 1.34. The number of aliphatic imine (C=N–C) groups is 1. The number of carboxylic acids is 1. The van der Waals surface area contributed by atoms with Crippen molar-refractivity contribution in [3.63, 3.8) is 0 Å². The molecule has 3 aliphatic rings. The summed E-state index contributed by atoms with van der Waals surface area (Å²) < 4.78 is 47.6. The smallest absolute Gasteiger partial charge is 0.429 e. The van der Waals surface area contributed by atoms with Crippen molar-refractivity contribution in [1.82, 2.24) is 15.3 Å². The van der Waals surface area contributed by atoms with E-state index >= 15 is 0 Å². The highest BCUT2D eigenvalue weighted by Crippen LogP contribution is 2.42. The fraction of sp³-hybridized carbons (Fsp3) is 0.500. The lowest BCUT2D eigenvalue weighted by Crippen LogP contribution is -2.41. The summed E-state index contributed by atoms with van der Waals surface area (Å²) in [5.74, 6) is -0.916. The Morgan fingerprint density at radius 2 is 2.03 bits per heavy atom. The van der Waals surface area contributed by atoms with Crippen LogP contribution in [-0.4, -0.2) is 59.1 Å². The molecule has 2 atom stereocenters. The van der Waals surface area contributed by atoms with Gasteiger partial charge in [-0.15, -0.1) is 0 Å². The molecule has 5 rings (SSSR count). The number of ether oxygens (including phenoxy) is 1. The van der Waals surface area contributed by atoms with Crippen LogP contribution in [0.5, 0.6) is 5.88 Å². The van der Waals surface area contributed by atoms with Crippen molar-refractivity contribution in [3.8, 4) is 5.88 Å². The first-order valence-corrected chi connectivity index (χ1v) is 11.9. The van der Waals surface area contributed by atoms with Crippen molar-refractivity contribution >= 4 is 29.6 Å². The van der Waals surface area contributed by atoms with Gasteiger partial charge >= 0.3 is 12.1 Å². The maximum absolute atomic E-state index is 14.0. The summed E-state index contributed by atoms with van der Waals surface area (Å²) >= 11 is 0. The second kappa shape index (κ2) is 9.23. The number of alkyl halides is 3. The highest BCUT2D eigenvalue weighted by Gasteiger charge is 2.45. The highest BCUT2D eigenvalue weighted by molar-refractivity contribution is 5.74. The molecule has 0 radical (unpaired) electrons. The molecule has 0 aliphatic carbocycles. The number of anilines is 2. The number of hydrogen-bond donors (Lipinski definition) is 3. The Hall–Kier alpha value is -3.41. The van der Waals surface area contributed by atoms with E-state index in [-0.39, 0.29) is 22.8 Å². The second-order valence-corrected chi connectivity index (χ2v) is 9.66. The van der Waals surface area contributed by atoms with Gasteiger partial charge in [0.25, 0.3) is 0 Å². The number of hydrogen-bond acceptors (Lipinski definition) is 8. The van der Waals surface area contributed by atoms with Crippen LogP contribution in [0, 0.1) is 5.41 Å². The molecule has 0 unspecified atom stereocenters. The second-order valence-electron chi connectivity index (χ2n) is 9.66. The van der Waals surface area contributed by atoms with Crippen molar-refractivity contribution in [3.05, 3.63) is 35.4 Å². The molecule has 0 bridgehead atoms. The van der Waals surface area contributed by atoms with Gasteiger partial charge in [-0.25, -0.2) is 0 Å². The number of nitrogens with one attached hydrogen (secondary N) is 1. The number of rotatable bonds is 5. The van der Waals surface area contributed by atoms with E-state index in [2.05, 4.69) is 20.3 Å². The molecular weight excluding hydrogens is 477 g/mol. The molecule has 192 valence electrons. The van der Waals surface area contributed by atoms with E-state index in [0.717, 1.165) is 18.4 Å². The molecule has 0 saturated carbocycles. The number of aliphatic carboxylic acids is 1. The van der Waals surface area contributed by atoms with Gasteiger partial charge in [-0.3, -0.25) is 9.79 Å². The maximum Gasteiger partial charge on any atom is 0.429 e. The van der Waals surface area contributed by atoms with Crippen molar-refractivity contribution in [2.24, 2.45) is 10.4 Å². The van der Waals surface area contributed by atoms with Crippen molar-refractivity contribution < 1.29 is 27.8 Å². The van der Waals surface area contributed by atoms with Crippen LogP contribution < -0.4 is 20.7 Å². The summed E-state index contributed by atoms with van der Waals surface area (Å²) in [7, 11) is 0. The minimum Gasteiger partial charge on any atom is -0.480 e. The molecule has 4 heterocycles. The summed E-state index contributed by atoms with van der Waals surface area (Å²) in [5, 5.41) is 12.3. The SMILES string of the molecule is Nc1nc(O[C@H](c2ccc3c(c2)CCC=N3)C(F)(F)F)cc(N2CCC3(CC2)CN[C@H](C(=O)O)C3)n1. The molecule has 4 N–H and O–H groups in total. The lowest BCUT2D eigenvalue weighted by atomic mass is 9.76. The molecule has 9 nitrogen and oxygen atoms in total. The molecule has 0 amide bonds. The Kier molecular flexibility index (Phi) is 6.23. The van der Waals surface area contributed by atoms with Gasteiger partial charge in [-0.2, -0.15) is 23.1 Å². The van der Waals surface area contributed by atoms with E-state index in [4.69, 9.17) is 10.5 Å². The number of piperidine rings is 1. The first kappa shape index (κ1) is 24.3. The number of halogens is 3. The van der Waals surface area contributed by atoms with E-state index in [0.29, 0.717) is 50.4 Å². The van der Waals surface area contributed by atoms with Crippen molar-refractivity contribution in [2.75, 3.05) is 30.3 Å². The zero-order valence-corrected chi connectivity index (χ0v) is 19.5. The molecule has 2 fully saturated rings.